The number of aromatic carboxylic acids is 1. The first-order valence-corrected chi connectivity index (χ1v) is 5.12. The second kappa shape index (κ2) is 3.79. The molecule has 0 fully saturated rings. The Morgan fingerprint density at radius 3 is 3.07 bits per heavy atom. The van der Waals surface area contributed by atoms with Crippen LogP contribution in [0.1, 0.15) is 15.9 Å². The van der Waals surface area contributed by atoms with Gasteiger partial charge in [-0.1, -0.05) is 0 Å². The Labute approximate surface area is 85.1 Å². The molecule has 0 saturated heterocycles. The Bertz CT molecular complexity index is 404. The molecule has 0 aliphatic carbocycles. The van der Waals surface area contributed by atoms with Gasteiger partial charge >= 0.3 is 5.97 Å². The first-order chi connectivity index (χ1) is 6.79. The average Bonchev–Trinajstić information content (AvgIpc) is 2.70. The van der Waals surface area contributed by atoms with Crippen LogP contribution in [0.3, 0.4) is 0 Å². The third-order valence-electron chi connectivity index (χ3n) is 1.87. The summed E-state index contributed by atoms with van der Waals surface area (Å²) >= 11 is 1.59. The number of thioether (sulfide) groups is 1. The molecule has 1 aromatic heterocycles. The minimum atomic E-state index is -0.955. The lowest BCUT2D eigenvalue weighted by Crippen LogP contribution is -2.06. The minimum Gasteiger partial charge on any atom is -0.478 e. The molecule has 1 aromatic rings. The highest BCUT2D eigenvalue weighted by Crippen LogP contribution is 2.21. The van der Waals surface area contributed by atoms with Gasteiger partial charge in [-0.2, -0.15) is 0 Å². The zero-order chi connectivity index (χ0) is 9.97. The number of rotatable bonds is 2. The quantitative estimate of drug-likeness (QED) is 0.795. The molecule has 72 valence electrons. The summed E-state index contributed by atoms with van der Waals surface area (Å²) in [7, 11) is 0. The normalized spacial score (nSPS) is 15.3. The summed E-state index contributed by atoms with van der Waals surface area (Å²) in [6.07, 6.45) is 2.95. The van der Waals surface area contributed by atoms with Gasteiger partial charge in [-0.25, -0.2) is 4.79 Å². The van der Waals surface area contributed by atoms with E-state index >= 15 is 0 Å². The lowest BCUT2D eigenvalue weighted by Gasteiger charge is -2.03. The van der Waals surface area contributed by atoms with Gasteiger partial charge in [0.25, 0.3) is 0 Å². The van der Waals surface area contributed by atoms with Gasteiger partial charge in [-0.05, 0) is 6.07 Å². The van der Waals surface area contributed by atoms with Crippen molar-refractivity contribution in [2.45, 2.75) is 0 Å². The van der Waals surface area contributed by atoms with Gasteiger partial charge in [-0.3, -0.25) is 9.98 Å². The molecule has 0 aromatic carbocycles. The molecule has 0 saturated carbocycles. The summed E-state index contributed by atoms with van der Waals surface area (Å²) in [6, 6.07) is 1.70. The average molecular weight is 208 g/mol. The fraction of sp³-hybridized carbons (Fsp3) is 0.222. The number of nitrogens with zero attached hydrogens (tertiary/aromatic N) is 2. The van der Waals surface area contributed by atoms with Gasteiger partial charge in [0.1, 0.15) is 0 Å². The van der Waals surface area contributed by atoms with Crippen molar-refractivity contribution in [3.05, 3.63) is 29.6 Å². The number of carboxylic acid groups (broad SMARTS) is 1. The highest BCUT2D eigenvalue weighted by molar-refractivity contribution is 8.14. The molecular weight excluding hydrogens is 200 g/mol. The molecule has 2 rings (SSSR count). The Kier molecular flexibility index (Phi) is 2.49. The molecule has 5 heteroatoms. The minimum absolute atomic E-state index is 0.223. The van der Waals surface area contributed by atoms with Crippen LogP contribution in [0.4, 0.5) is 0 Å². The lowest BCUT2D eigenvalue weighted by molar-refractivity contribution is 0.0696. The van der Waals surface area contributed by atoms with E-state index in [0.29, 0.717) is 5.56 Å². The van der Waals surface area contributed by atoms with E-state index in [1.54, 1.807) is 24.0 Å². The fourth-order valence-electron chi connectivity index (χ4n) is 1.25. The second-order valence-electron chi connectivity index (χ2n) is 2.76. The molecule has 1 N–H and O–H groups in total. The van der Waals surface area contributed by atoms with Crippen LogP contribution in [0, 0.1) is 0 Å². The van der Waals surface area contributed by atoms with Crippen LogP contribution in [0.2, 0.25) is 0 Å². The molecule has 4 nitrogen and oxygen atoms in total. The van der Waals surface area contributed by atoms with Crippen molar-refractivity contribution in [2.75, 3.05) is 12.3 Å². The van der Waals surface area contributed by atoms with Crippen LogP contribution >= 0.6 is 11.8 Å². The zero-order valence-corrected chi connectivity index (χ0v) is 8.12. The van der Waals surface area contributed by atoms with Crippen molar-refractivity contribution in [3.8, 4) is 0 Å². The molecule has 2 heterocycles. The Hall–Kier alpha value is -1.36. The van der Waals surface area contributed by atoms with Crippen LogP contribution in [0.5, 0.6) is 0 Å². The summed E-state index contributed by atoms with van der Waals surface area (Å²) in [5.41, 5.74) is 0.899. The molecule has 1 aliphatic heterocycles. The van der Waals surface area contributed by atoms with E-state index in [1.165, 1.54) is 6.20 Å². The Morgan fingerprint density at radius 2 is 2.43 bits per heavy atom. The van der Waals surface area contributed by atoms with E-state index in [-0.39, 0.29) is 5.56 Å². The number of hydrogen-bond acceptors (Lipinski definition) is 4. The van der Waals surface area contributed by atoms with E-state index in [2.05, 4.69) is 9.98 Å². The Morgan fingerprint density at radius 1 is 1.57 bits per heavy atom. The number of pyridine rings is 1. The van der Waals surface area contributed by atoms with Gasteiger partial charge in [0.05, 0.1) is 10.6 Å². The zero-order valence-electron chi connectivity index (χ0n) is 7.30. The lowest BCUT2D eigenvalue weighted by atomic mass is 10.1. The van der Waals surface area contributed by atoms with Gasteiger partial charge in [0, 0.05) is 30.3 Å². The standard InChI is InChI=1S/C9H8N2O2S/c12-9(13)7-5-10-2-1-6(7)8-11-3-4-14-8/h1-2,5H,3-4H2,(H,12,13). The molecule has 0 amide bonds. The van der Waals surface area contributed by atoms with E-state index in [1.807, 2.05) is 0 Å². The fourth-order valence-corrected chi connectivity index (χ4v) is 2.14. The van der Waals surface area contributed by atoms with Crippen molar-refractivity contribution >= 4 is 22.8 Å². The summed E-state index contributed by atoms with van der Waals surface area (Å²) in [4.78, 5) is 18.9. The number of hydrogen-bond donors (Lipinski definition) is 1. The smallest absolute Gasteiger partial charge is 0.337 e. The van der Waals surface area contributed by atoms with E-state index < -0.39 is 5.97 Å². The predicted octanol–water partition coefficient (Wildman–Crippen LogP) is 1.27. The van der Waals surface area contributed by atoms with Crippen LogP contribution in [0.15, 0.2) is 23.5 Å². The SMILES string of the molecule is O=C(O)c1cnccc1C1=NCCS1. The maximum absolute atomic E-state index is 10.9. The number of carboxylic acids is 1. The topological polar surface area (TPSA) is 62.5 Å². The van der Waals surface area contributed by atoms with Crippen molar-refractivity contribution in [1.29, 1.82) is 0 Å². The van der Waals surface area contributed by atoms with E-state index in [0.717, 1.165) is 17.3 Å². The summed E-state index contributed by atoms with van der Waals surface area (Å²) < 4.78 is 0. The maximum Gasteiger partial charge on any atom is 0.337 e. The van der Waals surface area contributed by atoms with Gasteiger partial charge in [-0.15, -0.1) is 11.8 Å². The molecule has 1 aliphatic rings. The number of carbonyl (C=O) groups is 1. The molecule has 0 spiro atoms. The molecule has 0 bridgehead atoms. The van der Waals surface area contributed by atoms with Gasteiger partial charge in [0.2, 0.25) is 0 Å². The van der Waals surface area contributed by atoms with Gasteiger partial charge < -0.3 is 5.11 Å². The second-order valence-corrected chi connectivity index (χ2v) is 3.85. The van der Waals surface area contributed by atoms with Crippen molar-refractivity contribution in [1.82, 2.24) is 4.98 Å². The number of aliphatic imine (C=N–C) groups is 1. The molecule has 14 heavy (non-hydrogen) atoms. The maximum atomic E-state index is 10.9. The third kappa shape index (κ3) is 1.63. The highest BCUT2D eigenvalue weighted by Gasteiger charge is 2.17. The van der Waals surface area contributed by atoms with Crippen molar-refractivity contribution in [2.24, 2.45) is 4.99 Å². The summed E-state index contributed by atoms with van der Waals surface area (Å²) in [6.45, 7) is 0.765. The van der Waals surface area contributed by atoms with Crippen LogP contribution in [-0.4, -0.2) is 33.4 Å². The predicted molar refractivity (Wildman–Crippen MR) is 55.1 cm³/mol. The van der Waals surface area contributed by atoms with Crippen molar-refractivity contribution in [3.63, 3.8) is 0 Å². The first kappa shape index (κ1) is 9.21. The van der Waals surface area contributed by atoms with Crippen LogP contribution < -0.4 is 0 Å². The largest absolute Gasteiger partial charge is 0.478 e. The van der Waals surface area contributed by atoms with Crippen LogP contribution in [0.25, 0.3) is 0 Å². The summed E-state index contributed by atoms with van der Waals surface area (Å²) in [5.74, 6) is -0.0280. The Balaban J connectivity index is 2.46. The molecular formula is C9H8N2O2S. The number of aromatic nitrogens is 1. The van der Waals surface area contributed by atoms with E-state index in [9.17, 15) is 4.79 Å². The molecule has 0 unspecified atom stereocenters. The molecule has 0 radical (unpaired) electrons. The molecule has 0 atom stereocenters. The monoisotopic (exact) mass is 208 g/mol. The first-order valence-electron chi connectivity index (χ1n) is 4.14. The third-order valence-corrected chi connectivity index (χ3v) is 2.88. The summed E-state index contributed by atoms with van der Waals surface area (Å²) in [5, 5.41) is 9.73. The van der Waals surface area contributed by atoms with Gasteiger partial charge in [0.15, 0.2) is 0 Å². The highest BCUT2D eigenvalue weighted by atomic mass is 32.2. The van der Waals surface area contributed by atoms with Crippen LogP contribution in [-0.2, 0) is 0 Å². The van der Waals surface area contributed by atoms with Crippen molar-refractivity contribution < 1.29 is 9.90 Å². The van der Waals surface area contributed by atoms with E-state index in [4.69, 9.17) is 5.11 Å².